The smallest absolute Gasteiger partial charge is 0.237 e. The minimum Gasteiger partial charge on any atom is -0.508 e. The highest BCUT2D eigenvalue weighted by atomic mass is 16.3. The van der Waals surface area contributed by atoms with Gasteiger partial charge in [-0.1, -0.05) is 19.1 Å². The van der Waals surface area contributed by atoms with Crippen LogP contribution in [0.25, 0.3) is 0 Å². The number of aromatic hydroxyl groups is 1. The molecule has 0 aliphatic heterocycles. The van der Waals surface area contributed by atoms with Crippen LogP contribution in [0.5, 0.6) is 5.75 Å². The van der Waals surface area contributed by atoms with Crippen LogP contribution in [0.3, 0.4) is 0 Å². The number of carbonyl (C=O) groups is 1. The van der Waals surface area contributed by atoms with Gasteiger partial charge in [0, 0.05) is 12.1 Å². The van der Waals surface area contributed by atoms with Crippen LogP contribution in [-0.4, -0.2) is 23.1 Å². The number of carbonyl (C=O) groups excluding carboxylic acids is 1. The van der Waals surface area contributed by atoms with Crippen molar-refractivity contribution in [3.8, 4) is 5.75 Å². The summed E-state index contributed by atoms with van der Waals surface area (Å²) in [6.45, 7) is 3.97. The summed E-state index contributed by atoms with van der Waals surface area (Å²) in [7, 11) is 0. The summed E-state index contributed by atoms with van der Waals surface area (Å²) in [5.74, 6) is 0.331. The van der Waals surface area contributed by atoms with Crippen LogP contribution in [0, 0.1) is 0 Å². The Morgan fingerprint density at radius 3 is 2.53 bits per heavy atom. The van der Waals surface area contributed by atoms with Crippen LogP contribution in [0.1, 0.15) is 44.7 Å². The fourth-order valence-electron chi connectivity index (χ4n) is 2.09. The van der Waals surface area contributed by atoms with Gasteiger partial charge in [-0.25, -0.2) is 0 Å². The van der Waals surface area contributed by atoms with Gasteiger partial charge in [-0.2, -0.15) is 0 Å². The maximum Gasteiger partial charge on any atom is 0.237 e. The Bertz CT molecular complexity index is 426. The van der Waals surface area contributed by atoms with Crippen molar-refractivity contribution in [3.05, 3.63) is 29.8 Å². The zero-order chi connectivity index (χ0) is 13.8. The third-order valence-corrected chi connectivity index (χ3v) is 3.47. The maximum atomic E-state index is 11.9. The van der Waals surface area contributed by atoms with E-state index in [1.807, 2.05) is 19.1 Å². The third kappa shape index (κ3) is 3.96. The van der Waals surface area contributed by atoms with Crippen molar-refractivity contribution in [2.75, 3.05) is 0 Å². The van der Waals surface area contributed by atoms with E-state index >= 15 is 0 Å². The molecule has 0 bridgehead atoms. The van der Waals surface area contributed by atoms with E-state index in [0.717, 1.165) is 24.8 Å². The SMILES string of the molecule is CCC(NC(C)C(=O)NC1CC1)c1ccc(O)cc1. The van der Waals surface area contributed by atoms with Crippen LogP contribution < -0.4 is 10.6 Å². The molecule has 2 unspecified atom stereocenters. The third-order valence-electron chi connectivity index (χ3n) is 3.47. The molecule has 1 aromatic carbocycles. The van der Waals surface area contributed by atoms with Gasteiger partial charge in [-0.15, -0.1) is 0 Å². The minimum atomic E-state index is -0.209. The lowest BCUT2D eigenvalue weighted by Crippen LogP contribution is -2.44. The van der Waals surface area contributed by atoms with Gasteiger partial charge in [-0.3, -0.25) is 10.1 Å². The number of amides is 1. The number of benzene rings is 1. The molecule has 1 amide bonds. The van der Waals surface area contributed by atoms with Crippen LogP contribution in [-0.2, 0) is 4.79 Å². The fraction of sp³-hybridized carbons (Fsp3) is 0.533. The molecular weight excluding hydrogens is 240 g/mol. The normalized spacial score (nSPS) is 17.8. The highest BCUT2D eigenvalue weighted by Gasteiger charge is 2.26. The van der Waals surface area contributed by atoms with Gasteiger partial charge in [-0.05, 0) is 43.9 Å². The monoisotopic (exact) mass is 262 g/mol. The fourth-order valence-corrected chi connectivity index (χ4v) is 2.09. The molecule has 1 aromatic rings. The average Bonchev–Trinajstić information content (AvgIpc) is 3.20. The number of phenolic OH excluding ortho intramolecular Hbond substituents is 1. The molecule has 1 aliphatic carbocycles. The molecule has 4 nitrogen and oxygen atoms in total. The Morgan fingerprint density at radius 1 is 1.37 bits per heavy atom. The molecule has 1 aliphatic rings. The van der Waals surface area contributed by atoms with Crippen LogP contribution in [0.4, 0.5) is 0 Å². The van der Waals surface area contributed by atoms with Gasteiger partial charge >= 0.3 is 0 Å². The van der Waals surface area contributed by atoms with Gasteiger partial charge in [0.2, 0.25) is 5.91 Å². The van der Waals surface area contributed by atoms with E-state index in [1.165, 1.54) is 0 Å². The predicted molar refractivity (Wildman–Crippen MR) is 74.9 cm³/mol. The van der Waals surface area contributed by atoms with E-state index in [4.69, 9.17) is 0 Å². The summed E-state index contributed by atoms with van der Waals surface area (Å²) in [5.41, 5.74) is 1.09. The molecule has 0 saturated heterocycles. The zero-order valence-corrected chi connectivity index (χ0v) is 11.5. The molecule has 104 valence electrons. The van der Waals surface area contributed by atoms with Gasteiger partial charge in [0.25, 0.3) is 0 Å². The predicted octanol–water partition coefficient (Wildman–Crippen LogP) is 2.10. The molecular formula is C15H22N2O2. The molecule has 1 saturated carbocycles. The topological polar surface area (TPSA) is 61.4 Å². The van der Waals surface area contributed by atoms with Crippen molar-refractivity contribution in [1.29, 1.82) is 0 Å². The van der Waals surface area contributed by atoms with E-state index in [1.54, 1.807) is 12.1 Å². The minimum absolute atomic E-state index is 0.0692. The first-order valence-corrected chi connectivity index (χ1v) is 6.95. The Hall–Kier alpha value is -1.55. The standard InChI is InChI=1S/C15H22N2O2/c1-3-14(11-4-8-13(18)9-5-11)16-10(2)15(19)17-12-6-7-12/h4-5,8-10,12,14,16,18H,3,6-7H2,1-2H3,(H,17,19). The average molecular weight is 262 g/mol. The van der Waals surface area contributed by atoms with Crippen molar-refractivity contribution in [3.63, 3.8) is 0 Å². The first kappa shape index (κ1) is 13.9. The lowest BCUT2D eigenvalue weighted by atomic mass is 10.0. The summed E-state index contributed by atoms with van der Waals surface area (Å²) in [4.78, 5) is 11.9. The van der Waals surface area contributed by atoms with Crippen molar-refractivity contribution in [1.82, 2.24) is 10.6 Å². The van der Waals surface area contributed by atoms with Crippen LogP contribution in [0.15, 0.2) is 24.3 Å². The Morgan fingerprint density at radius 2 is 2.00 bits per heavy atom. The lowest BCUT2D eigenvalue weighted by molar-refractivity contribution is -0.123. The van der Waals surface area contributed by atoms with E-state index in [9.17, 15) is 9.90 Å². The van der Waals surface area contributed by atoms with Gasteiger partial charge in [0.15, 0.2) is 0 Å². The molecule has 0 radical (unpaired) electrons. The number of hydrogen-bond donors (Lipinski definition) is 3. The molecule has 4 heteroatoms. The molecule has 0 aromatic heterocycles. The first-order valence-electron chi connectivity index (χ1n) is 6.95. The Kier molecular flexibility index (Phi) is 4.43. The second kappa shape index (κ2) is 6.06. The Labute approximate surface area is 114 Å². The lowest BCUT2D eigenvalue weighted by Gasteiger charge is -2.22. The molecule has 2 rings (SSSR count). The molecule has 0 spiro atoms. The van der Waals surface area contributed by atoms with Crippen molar-refractivity contribution < 1.29 is 9.90 Å². The van der Waals surface area contributed by atoms with Gasteiger partial charge < -0.3 is 10.4 Å². The highest BCUT2D eigenvalue weighted by molar-refractivity contribution is 5.81. The number of phenols is 1. The molecule has 1 fully saturated rings. The first-order chi connectivity index (χ1) is 9.10. The number of nitrogens with one attached hydrogen (secondary N) is 2. The van der Waals surface area contributed by atoms with E-state index in [2.05, 4.69) is 17.6 Å². The second-order valence-electron chi connectivity index (χ2n) is 5.22. The van der Waals surface area contributed by atoms with Crippen molar-refractivity contribution in [2.45, 2.75) is 51.2 Å². The summed E-state index contributed by atoms with van der Waals surface area (Å²) < 4.78 is 0. The van der Waals surface area contributed by atoms with Crippen LogP contribution in [0.2, 0.25) is 0 Å². The summed E-state index contributed by atoms with van der Waals surface area (Å²) >= 11 is 0. The Balaban J connectivity index is 1.93. The van der Waals surface area contributed by atoms with Crippen molar-refractivity contribution >= 4 is 5.91 Å². The van der Waals surface area contributed by atoms with Gasteiger partial charge in [0.05, 0.1) is 6.04 Å². The largest absolute Gasteiger partial charge is 0.508 e. The quantitative estimate of drug-likeness (QED) is 0.735. The number of rotatable bonds is 6. The molecule has 0 heterocycles. The van der Waals surface area contributed by atoms with Gasteiger partial charge in [0.1, 0.15) is 5.75 Å². The summed E-state index contributed by atoms with van der Waals surface area (Å²) in [6, 6.07) is 7.44. The van der Waals surface area contributed by atoms with Crippen molar-refractivity contribution in [2.24, 2.45) is 0 Å². The zero-order valence-electron chi connectivity index (χ0n) is 11.5. The van der Waals surface area contributed by atoms with E-state index in [0.29, 0.717) is 6.04 Å². The second-order valence-corrected chi connectivity index (χ2v) is 5.22. The summed E-state index contributed by atoms with van der Waals surface area (Å²) in [5, 5.41) is 15.6. The molecule has 2 atom stereocenters. The van der Waals surface area contributed by atoms with E-state index in [-0.39, 0.29) is 23.7 Å². The maximum absolute atomic E-state index is 11.9. The molecule has 19 heavy (non-hydrogen) atoms. The molecule has 3 N–H and O–H groups in total. The summed E-state index contributed by atoms with van der Waals surface area (Å²) in [6.07, 6.45) is 3.10. The van der Waals surface area contributed by atoms with Crippen LogP contribution >= 0.6 is 0 Å². The highest BCUT2D eigenvalue weighted by Crippen LogP contribution is 2.21. The number of hydrogen-bond acceptors (Lipinski definition) is 3. The van der Waals surface area contributed by atoms with E-state index < -0.39 is 0 Å².